The molecule has 0 aliphatic rings. The molecule has 0 N–H and O–H groups in total. The summed E-state index contributed by atoms with van der Waals surface area (Å²) in [5.74, 6) is 0.249. The van der Waals surface area contributed by atoms with Gasteiger partial charge >= 0.3 is 0 Å². The molecule has 0 aliphatic heterocycles. The van der Waals surface area contributed by atoms with Gasteiger partial charge in [-0.05, 0) is 17.3 Å². The minimum atomic E-state index is 0.249. The minimum Gasteiger partial charge on any atom is -0.349 e. The van der Waals surface area contributed by atoms with Crippen LogP contribution in [0.15, 0.2) is 0 Å². The smallest absolute Gasteiger partial charge is 0.222 e. The van der Waals surface area contributed by atoms with Crippen molar-refractivity contribution in [3.63, 3.8) is 0 Å². The second-order valence-corrected chi connectivity index (χ2v) is 3.87. The van der Waals surface area contributed by atoms with Crippen molar-refractivity contribution < 1.29 is 4.79 Å². The Hall–Kier alpha value is 0.200. The second kappa shape index (κ2) is 6.88. The maximum atomic E-state index is 11.0. The van der Waals surface area contributed by atoms with Crippen molar-refractivity contribution in [1.29, 1.82) is 0 Å². The van der Waals surface area contributed by atoms with Gasteiger partial charge in [0.1, 0.15) is 0 Å². The molecule has 0 aromatic heterocycles. The van der Waals surface area contributed by atoms with E-state index in [0.717, 1.165) is 6.42 Å². The highest BCUT2D eigenvalue weighted by molar-refractivity contribution is 14.1. The Morgan fingerprint density at radius 1 is 1.27 bits per heavy atom. The van der Waals surface area contributed by atoms with Gasteiger partial charge in [0, 0.05) is 20.5 Å². The fraction of sp³-hybridized carbons (Fsp3) is 0.875. The summed E-state index contributed by atoms with van der Waals surface area (Å²) < 4.78 is 1.20. The molecule has 0 saturated heterocycles. The first-order chi connectivity index (χ1) is 5.18. The van der Waals surface area contributed by atoms with Crippen LogP contribution in [0.4, 0.5) is 0 Å². The van der Waals surface area contributed by atoms with E-state index in [4.69, 9.17) is 0 Å². The first-order valence-corrected chi connectivity index (χ1v) is 5.47. The van der Waals surface area contributed by atoms with Crippen LogP contribution in [0.3, 0.4) is 0 Å². The SMILES string of the molecule is CN(C)C(=O)CCCCCI. The van der Waals surface area contributed by atoms with E-state index in [0.29, 0.717) is 6.42 Å². The fourth-order valence-electron chi connectivity index (χ4n) is 0.771. The van der Waals surface area contributed by atoms with Gasteiger partial charge in [-0.2, -0.15) is 0 Å². The molecule has 1 amide bonds. The van der Waals surface area contributed by atoms with Gasteiger partial charge in [0.05, 0.1) is 0 Å². The molecule has 0 aromatic carbocycles. The van der Waals surface area contributed by atoms with Crippen LogP contribution in [0.1, 0.15) is 25.7 Å². The molecular formula is C8H16INO. The number of carbonyl (C=O) groups excluding carboxylic acids is 1. The van der Waals surface area contributed by atoms with Crippen LogP contribution < -0.4 is 0 Å². The number of carbonyl (C=O) groups is 1. The van der Waals surface area contributed by atoms with Crippen LogP contribution in [0, 0.1) is 0 Å². The van der Waals surface area contributed by atoms with Crippen LogP contribution >= 0.6 is 22.6 Å². The van der Waals surface area contributed by atoms with Gasteiger partial charge in [-0.3, -0.25) is 4.79 Å². The van der Waals surface area contributed by atoms with Crippen LogP contribution in [0.5, 0.6) is 0 Å². The van der Waals surface area contributed by atoms with Crippen molar-refractivity contribution in [2.75, 3.05) is 18.5 Å². The second-order valence-electron chi connectivity index (χ2n) is 2.79. The average Bonchev–Trinajstić information content (AvgIpc) is 1.97. The Labute approximate surface area is 82.5 Å². The number of rotatable bonds is 5. The largest absolute Gasteiger partial charge is 0.349 e. The lowest BCUT2D eigenvalue weighted by Gasteiger charge is -2.08. The maximum absolute atomic E-state index is 11.0. The lowest BCUT2D eigenvalue weighted by molar-refractivity contribution is -0.128. The Morgan fingerprint density at radius 2 is 1.91 bits per heavy atom. The molecule has 3 heteroatoms. The molecule has 0 heterocycles. The Balaban J connectivity index is 3.18. The van der Waals surface area contributed by atoms with Gasteiger partial charge < -0.3 is 4.90 Å². The predicted octanol–water partition coefficient (Wildman–Crippen LogP) is 2.07. The summed E-state index contributed by atoms with van der Waals surface area (Å²) >= 11 is 2.36. The third-order valence-corrected chi connectivity index (χ3v) is 2.29. The topological polar surface area (TPSA) is 20.3 Å². The van der Waals surface area contributed by atoms with E-state index >= 15 is 0 Å². The average molecular weight is 269 g/mol. The van der Waals surface area contributed by atoms with E-state index in [1.54, 1.807) is 19.0 Å². The van der Waals surface area contributed by atoms with Crippen molar-refractivity contribution in [2.24, 2.45) is 0 Å². The molecule has 0 spiro atoms. The molecule has 0 aliphatic carbocycles. The Bertz CT molecular complexity index is 115. The lowest BCUT2D eigenvalue weighted by atomic mass is 10.2. The van der Waals surface area contributed by atoms with Crippen LogP contribution in [0.25, 0.3) is 0 Å². The molecule has 0 saturated carbocycles. The molecule has 0 fully saturated rings. The molecule has 0 unspecified atom stereocenters. The summed E-state index contributed by atoms with van der Waals surface area (Å²) in [5.41, 5.74) is 0. The number of hydrogen-bond acceptors (Lipinski definition) is 1. The zero-order chi connectivity index (χ0) is 8.69. The molecule has 0 rings (SSSR count). The molecule has 66 valence electrons. The molecule has 0 radical (unpaired) electrons. The lowest BCUT2D eigenvalue weighted by Crippen LogP contribution is -2.20. The summed E-state index contributed by atoms with van der Waals surface area (Å²) in [6, 6.07) is 0. The van der Waals surface area contributed by atoms with E-state index in [2.05, 4.69) is 22.6 Å². The quantitative estimate of drug-likeness (QED) is 0.425. The number of nitrogens with zero attached hydrogens (tertiary/aromatic N) is 1. The van der Waals surface area contributed by atoms with E-state index in [9.17, 15) is 4.79 Å². The van der Waals surface area contributed by atoms with E-state index in [-0.39, 0.29) is 5.91 Å². The predicted molar refractivity (Wildman–Crippen MR) is 56.0 cm³/mol. The third kappa shape index (κ3) is 6.59. The van der Waals surface area contributed by atoms with Gasteiger partial charge in [-0.1, -0.05) is 29.0 Å². The standard InChI is InChI=1S/C8H16INO/c1-10(2)8(11)6-4-3-5-7-9/h3-7H2,1-2H3. The molecule has 0 aromatic rings. The summed E-state index contributed by atoms with van der Waals surface area (Å²) in [6.07, 6.45) is 4.17. The summed E-state index contributed by atoms with van der Waals surface area (Å²) in [5, 5.41) is 0. The zero-order valence-corrected chi connectivity index (χ0v) is 9.43. The van der Waals surface area contributed by atoms with Crippen molar-refractivity contribution in [1.82, 2.24) is 4.90 Å². The van der Waals surface area contributed by atoms with E-state index < -0.39 is 0 Å². The maximum Gasteiger partial charge on any atom is 0.222 e. The highest BCUT2D eigenvalue weighted by atomic mass is 127. The summed E-state index contributed by atoms with van der Waals surface area (Å²) in [7, 11) is 3.61. The number of unbranched alkanes of at least 4 members (excludes halogenated alkanes) is 2. The van der Waals surface area contributed by atoms with E-state index in [1.165, 1.54) is 17.3 Å². The van der Waals surface area contributed by atoms with Gasteiger partial charge in [0.2, 0.25) is 5.91 Å². The highest BCUT2D eigenvalue weighted by Gasteiger charge is 2.01. The third-order valence-electron chi connectivity index (χ3n) is 1.52. The normalized spacial score (nSPS) is 9.73. The van der Waals surface area contributed by atoms with Crippen molar-refractivity contribution in [3.05, 3.63) is 0 Å². The fourth-order valence-corrected chi connectivity index (χ4v) is 1.31. The van der Waals surface area contributed by atoms with Gasteiger partial charge in [0.15, 0.2) is 0 Å². The van der Waals surface area contributed by atoms with E-state index in [1.807, 2.05) is 0 Å². The summed E-state index contributed by atoms with van der Waals surface area (Å²) in [6.45, 7) is 0. The minimum absolute atomic E-state index is 0.249. The van der Waals surface area contributed by atoms with Gasteiger partial charge in [-0.25, -0.2) is 0 Å². The first-order valence-electron chi connectivity index (χ1n) is 3.94. The Kier molecular flexibility index (Phi) is 7.01. The molecule has 2 nitrogen and oxygen atoms in total. The van der Waals surface area contributed by atoms with Gasteiger partial charge in [-0.15, -0.1) is 0 Å². The molecule has 0 bridgehead atoms. The van der Waals surface area contributed by atoms with Crippen molar-refractivity contribution >= 4 is 28.5 Å². The van der Waals surface area contributed by atoms with Crippen LogP contribution in [0.2, 0.25) is 0 Å². The first kappa shape index (κ1) is 11.2. The number of alkyl halides is 1. The monoisotopic (exact) mass is 269 g/mol. The number of hydrogen-bond donors (Lipinski definition) is 0. The molecule has 11 heavy (non-hydrogen) atoms. The van der Waals surface area contributed by atoms with Gasteiger partial charge in [0.25, 0.3) is 0 Å². The van der Waals surface area contributed by atoms with Crippen LogP contribution in [-0.4, -0.2) is 29.3 Å². The number of halogens is 1. The Morgan fingerprint density at radius 3 is 2.36 bits per heavy atom. The number of amides is 1. The molecular weight excluding hydrogens is 253 g/mol. The zero-order valence-electron chi connectivity index (χ0n) is 7.27. The highest BCUT2D eigenvalue weighted by Crippen LogP contribution is 2.03. The van der Waals surface area contributed by atoms with Crippen molar-refractivity contribution in [3.8, 4) is 0 Å². The molecule has 0 atom stereocenters. The van der Waals surface area contributed by atoms with Crippen LogP contribution in [-0.2, 0) is 4.79 Å². The summed E-state index contributed by atoms with van der Waals surface area (Å²) in [4.78, 5) is 12.7. The van der Waals surface area contributed by atoms with Crippen molar-refractivity contribution in [2.45, 2.75) is 25.7 Å².